The molecule has 1 aromatic heterocycles. The maximum atomic E-state index is 13.8. The number of carbonyl (C=O) groups is 2. The molecule has 2 aromatic rings. The van der Waals surface area contributed by atoms with Crippen LogP contribution >= 0.6 is 0 Å². The largest absolute Gasteiger partial charge is 0.377 e. The van der Waals surface area contributed by atoms with Crippen molar-refractivity contribution >= 4 is 17.5 Å². The molecule has 11 nitrogen and oxygen atoms in total. The first-order valence-corrected chi connectivity index (χ1v) is 14.7. The number of ether oxygens (including phenoxy) is 1. The normalized spacial score (nSPS) is 26.6. The van der Waals surface area contributed by atoms with Crippen LogP contribution in [0, 0.1) is 10.1 Å². The zero-order chi connectivity index (χ0) is 28.8. The van der Waals surface area contributed by atoms with Crippen molar-refractivity contribution in [1.82, 2.24) is 20.1 Å². The van der Waals surface area contributed by atoms with Gasteiger partial charge in [0, 0.05) is 68.9 Å². The van der Waals surface area contributed by atoms with Gasteiger partial charge in [0.15, 0.2) is 0 Å². The summed E-state index contributed by atoms with van der Waals surface area (Å²) >= 11 is 0. The maximum Gasteiger partial charge on any atom is 0.269 e. The topological polar surface area (TPSA) is 144 Å². The number of benzene rings is 1. The van der Waals surface area contributed by atoms with Gasteiger partial charge in [-0.25, -0.2) is 0 Å². The smallest absolute Gasteiger partial charge is 0.269 e. The van der Waals surface area contributed by atoms with Gasteiger partial charge < -0.3 is 20.7 Å². The van der Waals surface area contributed by atoms with E-state index in [9.17, 15) is 19.7 Å². The number of piperidine rings is 1. The second-order valence-electron chi connectivity index (χ2n) is 11.5. The van der Waals surface area contributed by atoms with Crippen molar-refractivity contribution in [3.63, 3.8) is 0 Å². The van der Waals surface area contributed by atoms with E-state index in [1.165, 1.54) is 12.1 Å². The number of non-ortho nitro benzene ring substituents is 1. The number of hydrogen-bond acceptors (Lipinski definition) is 8. The van der Waals surface area contributed by atoms with E-state index in [-0.39, 0.29) is 41.7 Å². The standard InChI is InChI=1S/C30H40N6O5/c31-23-7-9-24(10-8-23)33-29(37)28-17-26(13-15-35(28)30(38)22-3-1-14-32-18-22)34(20-27-4-2-16-41-27)19-21-5-11-25(12-6-21)36(39)40/h1,3,5-6,11-12,14,18,23-24,26-28H,2,4,7-10,13,15-17,19-20,31H2,(H,33,37)/t23?,24?,26?,27?,28-/m1/s1. The third-order valence-electron chi connectivity index (χ3n) is 8.68. The molecule has 0 spiro atoms. The van der Waals surface area contributed by atoms with E-state index in [0.717, 1.165) is 50.7 Å². The molecule has 2 amide bonds. The fraction of sp³-hybridized carbons (Fsp3) is 0.567. The Kier molecular flexibility index (Phi) is 9.58. The average Bonchev–Trinajstić information content (AvgIpc) is 3.51. The summed E-state index contributed by atoms with van der Waals surface area (Å²) in [6.07, 6.45) is 9.89. The predicted octanol–water partition coefficient (Wildman–Crippen LogP) is 3.03. The molecule has 3 atom stereocenters. The number of nitrogens with one attached hydrogen (secondary N) is 1. The first-order valence-electron chi connectivity index (χ1n) is 14.7. The average molecular weight is 565 g/mol. The summed E-state index contributed by atoms with van der Waals surface area (Å²) in [5.41, 5.74) is 7.57. The minimum absolute atomic E-state index is 0.0304. The molecule has 2 unspecified atom stereocenters. The predicted molar refractivity (Wildman–Crippen MR) is 153 cm³/mol. The molecule has 5 rings (SSSR count). The first kappa shape index (κ1) is 29.1. The van der Waals surface area contributed by atoms with Crippen LogP contribution in [0.2, 0.25) is 0 Å². The maximum absolute atomic E-state index is 13.8. The highest BCUT2D eigenvalue weighted by molar-refractivity contribution is 5.97. The molecule has 3 fully saturated rings. The third kappa shape index (κ3) is 7.46. The van der Waals surface area contributed by atoms with E-state index in [4.69, 9.17) is 10.5 Å². The van der Waals surface area contributed by atoms with E-state index in [2.05, 4.69) is 15.2 Å². The Bertz CT molecular complexity index is 1180. The molecule has 11 heteroatoms. The first-order chi connectivity index (χ1) is 19.9. The number of nitro benzene ring substituents is 1. The molecule has 1 aliphatic carbocycles. The van der Waals surface area contributed by atoms with Crippen molar-refractivity contribution in [2.45, 2.75) is 88.2 Å². The molecular formula is C30H40N6O5. The van der Waals surface area contributed by atoms with Gasteiger partial charge in [-0.2, -0.15) is 0 Å². The molecule has 2 aliphatic heterocycles. The van der Waals surface area contributed by atoms with Crippen molar-refractivity contribution in [2.75, 3.05) is 19.7 Å². The van der Waals surface area contributed by atoms with E-state index >= 15 is 0 Å². The number of nitrogens with two attached hydrogens (primary N) is 1. The van der Waals surface area contributed by atoms with Crippen LogP contribution in [0.25, 0.3) is 0 Å². The Labute approximate surface area is 240 Å². The zero-order valence-corrected chi connectivity index (χ0v) is 23.4. The second kappa shape index (κ2) is 13.5. The summed E-state index contributed by atoms with van der Waals surface area (Å²) < 4.78 is 5.97. The molecule has 3 heterocycles. The Morgan fingerprint density at radius 3 is 2.56 bits per heavy atom. The summed E-state index contributed by atoms with van der Waals surface area (Å²) in [5.74, 6) is -0.316. The van der Waals surface area contributed by atoms with Crippen LogP contribution in [-0.4, -0.2) is 81.5 Å². The van der Waals surface area contributed by atoms with Crippen LogP contribution in [0.3, 0.4) is 0 Å². The van der Waals surface area contributed by atoms with Crippen molar-refractivity contribution in [3.05, 3.63) is 70.0 Å². The number of amides is 2. The van der Waals surface area contributed by atoms with Gasteiger partial charge in [-0.15, -0.1) is 0 Å². The number of hydrogen-bond donors (Lipinski definition) is 2. The highest BCUT2D eigenvalue weighted by atomic mass is 16.6. The van der Waals surface area contributed by atoms with Crippen LogP contribution < -0.4 is 11.1 Å². The molecule has 1 saturated carbocycles. The van der Waals surface area contributed by atoms with E-state index in [0.29, 0.717) is 38.0 Å². The number of rotatable bonds is 9. The van der Waals surface area contributed by atoms with Crippen LogP contribution in [-0.2, 0) is 16.1 Å². The van der Waals surface area contributed by atoms with Crippen LogP contribution in [0.1, 0.15) is 67.3 Å². The Hall–Kier alpha value is -3.41. The van der Waals surface area contributed by atoms with Gasteiger partial charge in [0.25, 0.3) is 11.6 Å². The molecule has 1 aromatic carbocycles. The fourth-order valence-corrected chi connectivity index (χ4v) is 6.34. The summed E-state index contributed by atoms with van der Waals surface area (Å²) in [6, 6.07) is 9.74. The lowest BCUT2D eigenvalue weighted by atomic mass is 9.90. The second-order valence-corrected chi connectivity index (χ2v) is 11.5. The van der Waals surface area contributed by atoms with Crippen molar-refractivity contribution in [2.24, 2.45) is 5.73 Å². The molecule has 0 radical (unpaired) electrons. The van der Waals surface area contributed by atoms with Gasteiger partial charge in [-0.1, -0.05) is 12.1 Å². The third-order valence-corrected chi connectivity index (χ3v) is 8.68. The number of nitrogens with zero attached hydrogens (tertiary/aromatic N) is 4. The monoisotopic (exact) mass is 564 g/mol. The number of nitro groups is 1. The quantitative estimate of drug-likeness (QED) is 0.349. The highest BCUT2D eigenvalue weighted by Gasteiger charge is 2.40. The molecule has 41 heavy (non-hydrogen) atoms. The summed E-state index contributed by atoms with van der Waals surface area (Å²) in [6.45, 7) is 2.46. The highest BCUT2D eigenvalue weighted by Crippen LogP contribution is 2.28. The van der Waals surface area contributed by atoms with E-state index < -0.39 is 11.0 Å². The number of carbonyl (C=O) groups excluding carboxylic acids is 2. The van der Waals surface area contributed by atoms with Crippen molar-refractivity contribution in [1.29, 1.82) is 0 Å². The fourth-order valence-electron chi connectivity index (χ4n) is 6.34. The lowest BCUT2D eigenvalue weighted by Gasteiger charge is -2.44. The van der Waals surface area contributed by atoms with Gasteiger partial charge in [-0.3, -0.25) is 29.6 Å². The number of aromatic nitrogens is 1. The molecule has 220 valence electrons. The lowest BCUT2D eigenvalue weighted by Crippen LogP contribution is -2.59. The van der Waals surface area contributed by atoms with Crippen LogP contribution in [0.15, 0.2) is 48.8 Å². The molecule has 3 aliphatic rings. The van der Waals surface area contributed by atoms with Crippen molar-refractivity contribution in [3.8, 4) is 0 Å². The van der Waals surface area contributed by atoms with Gasteiger partial charge in [0.05, 0.1) is 16.6 Å². The molecule has 2 saturated heterocycles. The summed E-state index contributed by atoms with van der Waals surface area (Å²) in [4.78, 5) is 46.3. The number of pyridine rings is 1. The zero-order valence-electron chi connectivity index (χ0n) is 23.4. The molecule has 0 bridgehead atoms. The minimum Gasteiger partial charge on any atom is -0.377 e. The van der Waals surface area contributed by atoms with Gasteiger partial charge in [0.2, 0.25) is 5.91 Å². The Balaban J connectivity index is 1.36. The minimum atomic E-state index is -0.624. The molecule has 3 N–H and O–H groups in total. The van der Waals surface area contributed by atoms with Gasteiger partial charge in [-0.05, 0) is 69.1 Å². The lowest BCUT2D eigenvalue weighted by molar-refractivity contribution is -0.384. The van der Waals surface area contributed by atoms with E-state index in [1.54, 1.807) is 41.6 Å². The van der Waals surface area contributed by atoms with Crippen molar-refractivity contribution < 1.29 is 19.2 Å². The summed E-state index contributed by atoms with van der Waals surface area (Å²) in [7, 11) is 0. The SMILES string of the molecule is NC1CCC(NC(=O)[C@H]2CC(N(Cc3ccc([N+](=O)[O-])cc3)CC3CCCO3)CCN2C(=O)c2cccnc2)CC1. The summed E-state index contributed by atoms with van der Waals surface area (Å²) in [5, 5.41) is 14.4. The Morgan fingerprint density at radius 2 is 1.90 bits per heavy atom. The Morgan fingerprint density at radius 1 is 1.12 bits per heavy atom. The van der Waals surface area contributed by atoms with Gasteiger partial charge in [0.1, 0.15) is 6.04 Å². The van der Waals surface area contributed by atoms with E-state index in [1.807, 2.05) is 0 Å². The molecular weight excluding hydrogens is 524 g/mol. The number of likely N-dealkylation sites (tertiary alicyclic amines) is 1. The van der Waals surface area contributed by atoms with Gasteiger partial charge >= 0.3 is 0 Å². The van der Waals surface area contributed by atoms with Crippen LogP contribution in [0.4, 0.5) is 5.69 Å². The van der Waals surface area contributed by atoms with Crippen LogP contribution in [0.5, 0.6) is 0 Å².